The summed E-state index contributed by atoms with van der Waals surface area (Å²) >= 11 is 5.96. The lowest BCUT2D eigenvalue weighted by molar-refractivity contribution is 0.0933. The third kappa shape index (κ3) is 4.56. The summed E-state index contributed by atoms with van der Waals surface area (Å²) in [4.78, 5) is 17.5. The average molecular weight is 473 g/mol. The molecule has 1 aliphatic rings. The van der Waals surface area contributed by atoms with Crippen LogP contribution < -0.4 is 5.32 Å². The van der Waals surface area contributed by atoms with Crippen molar-refractivity contribution in [2.45, 2.75) is 55.7 Å². The van der Waals surface area contributed by atoms with Crippen LogP contribution in [-0.2, 0) is 9.84 Å². The van der Waals surface area contributed by atoms with Gasteiger partial charge in [0.25, 0.3) is 5.91 Å². The molecule has 4 rings (SSSR count). The molecule has 1 aromatic carbocycles. The van der Waals surface area contributed by atoms with E-state index in [9.17, 15) is 13.2 Å². The Morgan fingerprint density at radius 1 is 1.22 bits per heavy atom. The number of hydrogen-bond donors (Lipinski definition) is 1. The van der Waals surface area contributed by atoms with E-state index in [1.165, 1.54) is 12.4 Å². The third-order valence-corrected chi connectivity index (χ3v) is 8.12. The number of benzene rings is 1. The maximum absolute atomic E-state index is 13.1. The predicted octanol–water partition coefficient (Wildman–Crippen LogP) is 4.44. The fourth-order valence-corrected chi connectivity index (χ4v) is 5.45. The fraction of sp³-hybridized carbons (Fsp3) is 0.348. The predicted molar refractivity (Wildman–Crippen MR) is 123 cm³/mol. The number of carbonyl (C=O) groups is 1. The molecule has 0 aliphatic heterocycles. The lowest BCUT2D eigenvalue weighted by Gasteiger charge is -2.19. The Hall–Kier alpha value is -2.71. The van der Waals surface area contributed by atoms with Gasteiger partial charge in [0.15, 0.2) is 9.84 Å². The minimum atomic E-state index is -3.35. The zero-order chi connectivity index (χ0) is 22.9. The minimum Gasteiger partial charge on any atom is -0.345 e. The molecule has 1 N–H and O–H groups in total. The van der Waals surface area contributed by atoms with E-state index in [2.05, 4.69) is 15.4 Å². The van der Waals surface area contributed by atoms with Crippen LogP contribution in [0.5, 0.6) is 0 Å². The van der Waals surface area contributed by atoms with Crippen molar-refractivity contribution in [3.63, 3.8) is 0 Å². The highest BCUT2D eigenvalue weighted by Crippen LogP contribution is 2.34. The van der Waals surface area contributed by atoms with Crippen LogP contribution in [0.4, 0.5) is 0 Å². The van der Waals surface area contributed by atoms with Gasteiger partial charge in [-0.15, -0.1) is 0 Å². The standard InChI is InChI=1S/C23H25ClN4O3S/c1-3-4-22(16-11-20(13-25-12-16)32(30,31)19-9-10-19)27-23(29)21-14-26-28(15(21)2)18-7-5-17(24)6-8-18/h5-8,11-14,19,22H,3-4,9-10H2,1-2H3,(H,27,29). The molecular weight excluding hydrogens is 448 g/mol. The van der Waals surface area contributed by atoms with E-state index in [1.807, 2.05) is 26.0 Å². The molecule has 0 saturated heterocycles. The molecule has 168 valence electrons. The minimum absolute atomic E-state index is 0.222. The SMILES string of the molecule is CCCC(NC(=O)c1cnn(-c2ccc(Cl)cc2)c1C)c1cncc(S(=O)(=O)C2CC2)c1. The molecule has 2 aromatic heterocycles. The fourth-order valence-electron chi connectivity index (χ4n) is 3.67. The lowest BCUT2D eigenvalue weighted by atomic mass is 10.0. The summed E-state index contributed by atoms with van der Waals surface area (Å²) in [6.07, 6.45) is 7.41. The largest absolute Gasteiger partial charge is 0.345 e. The first-order valence-corrected chi connectivity index (χ1v) is 12.5. The van der Waals surface area contributed by atoms with E-state index in [0.717, 1.165) is 12.1 Å². The molecule has 2 heterocycles. The number of halogens is 1. The second-order valence-electron chi connectivity index (χ2n) is 8.04. The molecule has 9 heteroatoms. The molecule has 32 heavy (non-hydrogen) atoms. The monoisotopic (exact) mass is 472 g/mol. The molecule has 1 fully saturated rings. The number of carbonyl (C=O) groups excluding carboxylic acids is 1. The second kappa shape index (κ2) is 9.03. The van der Waals surface area contributed by atoms with Crippen LogP contribution in [0.15, 0.2) is 53.8 Å². The number of nitrogens with one attached hydrogen (secondary N) is 1. The summed E-state index contributed by atoms with van der Waals surface area (Å²) in [5.74, 6) is -0.267. The summed E-state index contributed by atoms with van der Waals surface area (Å²) < 4.78 is 26.9. The number of pyridine rings is 1. The summed E-state index contributed by atoms with van der Waals surface area (Å²) in [7, 11) is -3.35. The maximum Gasteiger partial charge on any atom is 0.255 e. The molecule has 1 saturated carbocycles. The van der Waals surface area contributed by atoms with Gasteiger partial charge in [0.1, 0.15) is 0 Å². The van der Waals surface area contributed by atoms with E-state index in [4.69, 9.17) is 11.6 Å². The van der Waals surface area contributed by atoms with Crippen LogP contribution >= 0.6 is 11.6 Å². The van der Waals surface area contributed by atoms with E-state index < -0.39 is 9.84 Å². The Kier molecular flexibility index (Phi) is 6.35. The van der Waals surface area contributed by atoms with Crippen LogP contribution in [0.3, 0.4) is 0 Å². The van der Waals surface area contributed by atoms with Gasteiger partial charge in [-0.2, -0.15) is 5.10 Å². The number of rotatable bonds is 8. The Labute approximate surface area is 192 Å². The Morgan fingerprint density at radius 2 is 1.94 bits per heavy atom. The van der Waals surface area contributed by atoms with Gasteiger partial charge in [-0.25, -0.2) is 13.1 Å². The molecule has 7 nitrogen and oxygen atoms in total. The highest BCUT2D eigenvalue weighted by molar-refractivity contribution is 7.92. The molecule has 1 unspecified atom stereocenters. The molecule has 3 aromatic rings. The zero-order valence-corrected chi connectivity index (χ0v) is 19.5. The highest BCUT2D eigenvalue weighted by Gasteiger charge is 2.37. The van der Waals surface area contributed by atoms with Gasteiger partial charge in [0, 0.05) is 17.4 Å². The van der Waals surface area contributed by atoms with Gasteiger partial charge in [-0.05, 0) is 62.1 Å². The molecule has 1 aliphatic carbocycles. The van der Waals surface area contributed by atoms with E-state index in [1.54, 1.807) is 29.1 Å². The van der Waals surface area contributed by atoms with Crippen molar-refractivity contribution in [2.75, 3.05) is 0 Å². The summed E-state index contributed by atoms with van der Waals surface area (Å²) in [5, 5.41) is 7.72. The molecule has 0 bridgehead atoms. The van der Waals surface area contributed by atoms with Gasteiger partial charge >= 0.3 is 0 Å². The van der Waals surface area contributed by atoms with Crippen molar-refractivity contribution in [3.8, 4) is 5.69 Å². The van der Waals surface area contributed by atoms with Crippen molar-refractivity contribution in [1.29, 1.82) is 0 Å². The van der Waals surface area contributed by atoms with Gasteiger partial charge in [0.05, 0.1) is 39.3 Å². The highest BCUT2D eigenvalue weighted by atomic mass is 35.5. The number of hydrogen-bond acceptors (Lipinski definition) is 5. The van der Waals surface area contributed by atoms with Crippen molar-refractivity contribution in [3.05, 3.63) is 70.8 Å². The third-order valence-electron chi connectivity index (χ3n) is 5.64. The number of nitrogens with zero attached hydrogens (tertiary/aromatic N) is 3. The first-order valence-electron chi connectivity index (χ1n) is 10.6. The average Bonchev–Trinajstić information content (AvgIpc) is 3.57. The number of aromatic nitrogens is 3. The smallest absolute Gasteiger partial charge is 0.255 e. The Balaban J connectivity index is 1.58. The van der Waals surface area contributed by atoms with Crippen LogP contribution in [0, 0.1) is 6.92 Å². The molecule has 0 spiro atoms. The topological polar surface area (TPSA) is 93.9 Å². The molecule has 1 amide bonds. The van der Waals surface area contributed by atoms with Crippen molar-refractivity contribution in [2.24, 2.45) is 0 Å². The van der Waals surface area contributed by atoms with Crippen LogP contribution in [0.25, 0.3) is 5.69 Å². The van der Waals surface area contributed by atoms with E-state index in [0.29, 0.717) is 41.1 Å². The van der Waals surface area contributed by atoms with E-state index >= 15 is 0 Å². The molecule has 0 radical (unpaired) electrons. The second-order valence-corrected chi connectivity index (χ2v) is 10.7. The van der Waals surface area contributed by atoms with Crippen LogP contribution in [0.1, 0.15) is 60.3 Å². The quantitative estimate of drug-likeness (QED) is 0.523. The van der Waals surface area contributed by atoms with Gasteiger partial charge in [0.2, 0.25) is 0 Å². The van der Waals surface area contributed by atoms with Gasteiger partial charge < -0.3 is 5.32 Å². The summed E-state index contributed by atoms with van der Waals surface area (Å²) in [6.45, 7) is 3.84. The zero-order valence-electron chi connectivity index (χ0n) is 18.0. The van der Waals surface area contributed by atoms with Crippen LogP contribution in [0.2, 0.25) is 5.02 Å². The number of sulfone groups is 1. The van der Waals surface area contributed by atoms with E-state index in [-0.39, 0.29) is 22.1 Å². The Bertz CT molecular complexity index is 1230. The lowest BCUT2D eigenvalue weighted by Crippen LogP contribution is -2.29. The first-order chi connectivity index (χ1) is 15.3. The summed E-state index contributed by atoms with van der Waals surface area (Å²) in [5.41, 5.74) is 2.64. The van der Waals surface area contributed by atoms with Crippen molar-refractivity contribution < 1.29 is 13.2 Å². The summed E-state index contributed by atoms with van der Waals surface area (Å²) in [6, 6.07) is 8.50. The molecular formula is C23H25ClN4O3S. The first kappa shape index (κ1) is 22.5. The normalized spacial score (nSPS) is 14.8. The Morgan fingerprint density at radius 3 is 2.59 bits per heavy atom. The van der Waals surface area contributed by atoms with Crippen molar-refractivity contribution >= 4 is 27.3 Å². The van der Waals surface area contributed by atoms with Crippen molar-refractivity contribution in [1.82, 2.24) is 20.1 Å². The van der Waals surface area contributed by atoms with Gasteiger partial charge in [-0.3, -0.25) is 9.78 Å². The maximum atomic E-state index is 13.1. The molecule has 1 atom stereocenters. The van der Waals surface area contributed by atoms with Gasteiger partial charge in [-0.1, -0.05) is 24.9 Å². The van der Waals surface area contributed by atoms with Crippen LogP contribution in [-0.4, -0.2) is 34.3 Å². The number of amides is 1.